The van der Waals surface area contributed by atoms with Gasteiger partial charge in [-0.1, -0.05) is 42.5 Å². The molecule has 9 heteroatoms. The van der Waals surface area contributed by atoms with Crippen LogP contribution in [0.15, 0.2) is 78.9 Å². The second-order valence-electron chi connectivity index (χ2n) is 9.47. The third-order valence-electron chi connectivity index (χ3n) is 6.85. The van der Waals surface area contributed by atoms with E-state index in [1.165, 1.54) is 18.2 Å². The lowest BCUT2D eigenvalue weighted by atomic mass is 9.96. The fourth-order valence-corrected chi connectivity index (χ4v) is 4.61. The Morgan fingerprint density at radius 2 is 1.60 bits per heavy atom. The summed E-state index contributed by atoms with van der Waals surface area (Å²) in [6, 6.07) is 19.5. The van der Waals surface area contributed by atoms with E-state index in [1.807, 2.05) is 26.0 Å². The Morgan fingerprint density at radius 1 is 0.850 bits per heavy atom. The number of benzene rings is 4. The topological polar surface area (TPSA) is 98.7 Å². The van der Waals surface area contributed by atoms with Crippen LogP contribution in [0.5, 0.6) is 5.75 Å². The van der Waals surface area contributed by atoms with Crippen LogP contribution in [0.4, 0.5) is 24.5 Å². The summed E-state index contributed by atoms with van der Waals surface area (Å²) < 4.78 is 40.0. The van der Waals surface area contributed by atoms with E-state index in [0.29, 0.717) is 16.7 Å². The van der Waals surface area contributed by atoms with E-state index in [2.05, 4.69) is 10.6 Å². The molecule has 40 heavy (non-hydrogen) atoms. The van der Waals surface area contributed by atoms with Gasteiger partial charge in [0.2, 0.25) is 0 Å². The lowest BCUT2D eigenvalue weighted by Gasteiger charge is -2.18. The van der Waals surface area contributed by atoms with E-state index in [1.54, 1.807) is 36.4 Å². The van der Waals surface area contributed by atoms with Gasteiger partial charge in [0.1, 0.15) is 5.75 Å². The van der Waals surface area contributed by atoms with Crippen LogP contribution in [0, 0.1) is 13.8 Å². The highest BCUT2D eigenvalue weighted by Gasteiger charge is 2.35. The van der Waals surface area contributed by atoms with Crippen molar-refractivity contribution in [1.29, 1.82) is 0 Å². The number of alkyl halides is 3. The van der Waals surface area contributed by atoms with Crippen molar-refractivity contribution >= 4 is 34.5 Å². The first-order chi connectivity index (χ1) is 18.9. The van der Waals surface area contributed by atoms with Crippen molar-refractivity contribution in [2.75, 3.05) is 10.6 Å². The Balaban J connectivity index is 1.68. The molecule has 6 nitrogen and oxygen atoms in total. The summed E-state index contributed by atoms with van der Waals surface area (Å²) in [5, 5.41) is 26.3. The number of rotatable bonds is 5. The number of para-hydroxylation sites is 1. The molecule has 5 rings (SSSR count). The number of aryl methyl sites for hydroxylation is 2. The lowest BCUT2D eigenvalue weighted by Crippen LogP contribution is -2.10. The number of carboxylic acid groups (broad SMARTS) is 1. The monoisotopic (exact) mass is 544 g/mol. The summed E-state index contributed by atoms with van der Waals surface area (Å²) in [5.74, 6) is -1.91. The zero-order valence-electron chi connectivity index (χ0n) is 21.4. The highest BCUT2D eigenvalue weighted by atomic mass is 19.4. The van der Waals surface area contributed by atoms with Crippen molar-refractivity contribution in [2.45, 2.75) is 20.0 Å². The Bertz CT molecular complexity index is 1720. The van der Waals surface area contributed by atoms with Gasteiger partial charge in [-0.3, -0.25) is 4.79 Å². The Kier molecular flexibility index (Phi) is 6.59. The number of carboxylic acids is 1. The van der Waals surface area contributed by atoms with Gasteiger partial charge in [-0.15, -0.1) is 0 Å². The normalized spacial score (nSPS) is 14.0. The molecule has 1 heterocycles. The molecule has 0 aliphatic carbocycles. The molecule has 0 saturated carbocycles. The number of hydrogen-bond acceptors (Lipinski definition) is 4. The van der Waals surface area contributed by atoms with Gasteiger partial charge in [0.25, 0.3) is 5.91 Å². The minimum absolute atomic E-state index is 0.0291. The zero-order chi connectivity index (χ0) is 28.8. The maximum Gasteiger partial charge on any atom is 0.416 e. The third-order valence-corrected chi connectivity index (χ3v) is 6.85. The van der Waals surface area contributed by atoms with Gasteiger partial charge in [0, 0.05) is 16.8 Å². The quantitative estimate of drug-likeness (QED) is 0.156. The molecule has 0 bridgehead atoms. The van der Waals surface area contributed by atoms with Gasteiger partial charge < -0.3 is 20.8 Å². The molecule has 0 unspecified atom stereocenters. The molecule has 1 amide bonds. The molecule has 1 aliphatic heterocycles. The van der Waals surface area contributed by atoms with Gasteiger partial charge in [-0.05, 0) is 72.5 Å². The minimum atomic E-state index is -4.58. The van der Waals surface area contributed by atoms with E-state index >= 15 is 0 Å². The largest absolute Gasteiger partial charge is 0.505 e. The van der Waals surface area contributed by atoms with E-state index in [9.17, 15) is 33.0 Å². The van der Waals surface area contributed by atoms with Gasteiger partial charge in [0.15, 0.2) is 0 Å². The van der Waals surface area contributed by atoms with E-state index < -0.39 is 23.6 Å². The van der Waals surface area contributed by atoms with Crippen LogP contribution in [0.25, 0.3) is 22.4 Å². The number of amides is 1. The number of fused-ring (bicyclic) bond motifs is 1. The molecular weight excluding hydrogens is 521 g/mol. The van der Waals surface area contributed by atoms with E-state index in [4.69, 9.17) is 0 Å². The molecule has 0 atom stereocenters. The minimum Gasteiger partial charge on any atom is -0.505 e. The fourth-order valence-electron chi connectivity index (χ4n) is 4.61. The van der Waals surface area contributed by atoms with Crippen molar-refractivity contribution in [3.05, 3.63) is 112 Å². The standard InChI is InChI=1S/C31H23F3N2O4/c1-16-9-10-19(13-17(16)2)27(26-23-12-11-21(31(32,33)34)15-25(23)36-29(26)38)35-24-8-4-7-22(28(24)37)18-5-3-6-20(14-18)30(39)40/h3-15,35,37H,1-2H3,(H,36,38)(H,39,40). The maximum absolute atomic E-state index is 13.3. The van der Waals surface area contributed by atoms with Crippen LogP contribution in [0.1, 0.15) is 38.2 Å². The fraction of sp³-hybridized carbons (Fsp3) is 0.0968. The van der Waals surface area contributed by atoms with Crippen LogP contribution < -0.4 is 10.6 Å². The number of phenolic OH excluding ortho intramolecular Hbond substituents is 1. The van der Waals surface area contributed by atoms with Crippen LogP contribution in [0.3, 0.4) is 0 Å². The molecule has 4 aromatic carbocycles. The number of aromatic carboxylic acids is 1. The highest BCUT2D eigenvalue weighted by molar-refractivity contribution is 6.37. The van der Waals surface area contributed by atoms with Crippen molar-refractivity contribution in [2.24, 2.45) is 0 Å². The van der Waals surface area contributed by atoms with Crippen LogP contribution >= 0.6 is 0 Å². The van der Waals surface area contributed by atoms with Gasteiger partial charge in [-0.2, -0.15) is 13.2 Å². The number of carbonyl (C=O) groups is 2. The molecule has 0 fully saturated rings. The van der Waals surface area contributed by atoms with Crippen molar-refractivity contribution in [1.82, 2.24) is 0 Å². The van der Waals surface area contributed by atoms with Crippen molar-refractivity contribution in [3.8, 4) is 16.9 Å². The molecular formula is C31H23F3N2O4. The molecule has 0 saturated heterocycles. The average molecular weight is 545 g/mol. The smallest absolute Gasteiger partial charge is 0.416 e. The molecule has 4 N–H and O–H groups in total. The second kappa shape index (κ2) is 9.92. The predicted octanol–water partition coefficient (Wildman–Crippen LogP) is 7.33. The lowest BCUT2D eigenvalue weighted by molar-refractivity contribution is -0.137. The van der Waals surface area contributed by atoms with Gasteiger partial charge in [-0.25, -0.2) is 4.79 Å². The molecule has 202 valence electrons. The molecule has 1 aliphatic rings. The second-order valence-corrected chi connectivity index (χ2v) is 9.47. The number of carbonyl (C=O) groups excluding carboxylic acids is 1. The first-order valence-electron chi connectivity index (χ1n) is 12.2. The summed E-state index contributed by atoms with van der Waals surface area (Å²) in [6.07, 6.45) is -4.58. The van der Waals surface area contributed by atoms with E-state index in [0.717, 1.165) is 23.3 Å². The Morgan fingerprint density at radius 3 is 2.30 bits per heavy atom. The Hall–Kier alpha value is -5.05. The SMILES string of the molecule is Cc1ccc(C(Nc2cccc(-c3cccc(C(=O)O)c3)c2O)=C2C(=O)Nc3cc(C(F)(F)F)ccc32)cc1C. The predicted molar refractivity (Wildman–Crippen MR) is 147 cm³/mol. The van der Waals surface area contributed by atoms with Crippen LogP contribution in [-0.2, 0) is 11.0 Å². The van der Waals surface area contributed by atoms with E-state index in [-0.39, 0.29) is 39.5 Å². The molecule has 0 aromatic heterocycles. The van der Waals surface area contributed by atoms with Crippen molar-refractivity contribution in [3.63, 3.8) is 0 Å². The third kappa shape index (κ3) is 4.89. The number of aromatic hydroxyl groups is 1. The number of nitrogens with one attached hydrogen (secondary N) is 2. The molecule has 4 aromatic rings. The summed E-state index contributed by atoms with van der Waals surface area (Å²) >= 11 is 0. The highest BCUT2D eigenvalue weighted by Crippen LogP contribution is 2.43. The number of halogens is 3. The van der Waals surface area contributed by atoms with Crippen LogP contribution in [0.2, 0.25) is 0 Å². The van der Waals surface area contributed by atoms with Gasteiger partial charge in [0.05, 0.1) is 28.1 Å². The maximum atomic E-state index is 13.3. The number of anilines is 2. The Labute approximate surface area is 227 Å². The molecule has 0 spiro atoms. The number of phenols is 1. The summed E-state index contributed by atoms with van der Waals surface area (Å²) in [7, 11) is 0. The summed E-state index contributed by atoms with van der Waals surface area (Å²) in [6.45, 7) is 3.82. The van der Waals surface area contributed by atoms with Crippen molar-refractivity contribution < 1.29 is 33.0 Å². The first kappa shape index (κ1) is 26.6. The average Bonchev–Trinajstić information content (AvgIpc) is 3.24. The van der Waals surface area contributed by atoms with Crippen LogP contribution in [-0.4, -0.2) is 22.1 Å². The summed E-state index contributed by atoms with van der Waals surface area (Å²) in [4.78, 5) is 24.7. The van der Waals surface area contributed by atoms with Gasteiger partial charge >= 0.3 is 12.1 Å². The summed E-state index contributed by atoms with van der Waals surface area (Å²) in [5.41, 5.74) is 3.40. The zero-order valence-corrected chi connectivity index (χ0v) is 21.4. The first-order valence-corrected chi connectivity index (χ1v) is 12.2. The number of hydrogen-bond donors (Lipinski definition) is 4. The molecule has 0 radical (unpaired) electrons.